The molecule has 2 rings (SSSR count). The largest absolute Gasteiger partial charge is 1.00 e. The maximum absolute atomic E-state index is 6.25. The molecule has 0 amide bonds. The van der Waals surface area contributed by atoms with Crippen molar-refractivity contribution >= 4 is 11.6 Å². The van der Waals surface area contributed by atoms with Crippen LogP contribution in [0.25, 0.3) is 0 Å². The second kappa shape index (κ2) is 10.2. The SMILES string of the molecule is COc1cc(CNC2CCCCCCC2)cc(Cl)c1OC.[Cl-]. The van der Waals surface area contributed by atoms with Gasteiger partial charge in [-0.2, -0.15) is 0 Å². The highest BCUT2D eigenvalue weighted by atomic mass is 35.5. The Labute approximate surface area is 145 Å². The van der Waals surface area contributed by atoms with Crippen LogP contribution in [0.5, 0.6) is 11.5 Å². The number of halogens is 2. The van der Waals surface area contributed by atoms with Crippen LogP contribution in [0.1, 0.15) is 50.5 Å². The van der Waals surface area contributed by atoms with Crippen LogP contribution in [-0.4, -0.2) is 20.3 Å². The molecule has 1 saturated carbocycles. The zero-order chi connectivity index (χ0) is 15.1. The van der Waals surface area contributed by atoms with Gasteiger partial charge in [0.05, 0.1) is 19.2 Å². The van der Waals surface area contributed by atoms with Gasteiger partial charge in [-0.05, 0) is 30.5 Å². The van der Waals surface area contributed by atoms with Crippen molar-refractivity contribution in [1.29, 1.82) is 0 Å². The van der Waals surface area contributed by atoms with E-state index in [1.807, 2.05) is 12.1 Å². The first-order valence-corrected chi connectivity index (χ1v) is 8.26. The Morgan fingerprint density at radius 1 is 1.05 bits per heavy atom. The van der Waals surface area contributed by atoms with Crippen LogP contribution in [0.4, 0.5) is 0 Å². The van der Waals surface area contributed by atoms with E-state index in [1.54, 1.807) is 14.2 Å². The van der Waals surface area contributed by atoms with Crippen LogP contribution in [0.2, 0.25) is 5.02 Å². The quantitative estimate of drug-likeness (QED) is 0.877. The molecule has 0 radical (unpaired) electrons. The molecule has 0 unspecified atom stereocenters. The minimum atomic E-state index is 0. The Morgan fingerprint density at radius 2 is 1.68 bits per heavy atom. The summed E-state index contributed by atoms with van der Waals surface area (Å²) >= 11 is 6.25. The first kappa shape index (κ1) is 19.4. The highest BCUT2D eigenvalue weighted by Gasteiger charge is 2.13. The Kier molecular flexibility index (Phi) is 8.99. The fourth-order valence-corrected chi connectivity index (χ4v) is 3.31. The van der Waals surface area contributed by atoms with Gasteiger partial charge in [0.2, 0.25) is 0 Å². The predicted octanol–water partition coefficient (Wildman–Crippen LogP) is 1.56. The number of rotatable bonds is 5. The number of benzene rings is 1. The molecule has 126 valence electrons. The summed E-state index contributed by atoms with van der Waals surface area (Å²) in [5.41, 5.74) is 1.14. The summed E-state index contributed by atoms with van der Waals surface area (Å²) in [6, 6.07) is 4.58. The third-order valence-electron chi connectivity index (χ3n) is 4.19. The van der Waals surface area contributed by atoms with E-state index in [0.29, 0.717) is 22.6 Å². The van der Waals surface area contributed by atoms with E-state index in [2.05, 4.69) is 5.32 Å². The van der Waals surface area contributed by atoms with Crippen molar-refractivity contribution in [2.45, 2.75) is 57.5 Å². The molecule has 0 aliphatic heterocycles. The fourth-order valence-electron chi connectivity index (χ4n) is 3.00. The van der Waals surface area contributed by atoms with Gasteiger partial charge in [-0.3, -0.25) is 0 Å². The van der Waals surface area contributed by atoms with Gasteiger partial charge < -0.3 is 27.2 Å². The van der Waals surface area contributed by atoms with Crippen LogP contribution in [-0.2, 0) is 6.54 Å². The summed E-state index contributed by atoms with van der Waals surface area (Å²) in [5, 5.41) is 4.27. The number of hydrogen-bond donors (Lipinski definition) is 1. The predicted molar refractivity (Wildman–Crippen MR) is 87.5 cm³/mol. The zero-order valence-corrected chi connectivity index (χ0v) is 15.0. The summed E-state index contributed by atoms with van der Waals surface area (Å²) in [6.07, 6.45) is 9.38. The summed E-state index contributed by atoms with van der Waals surface area (Å²) in [6.45, 7) is 0.824. The zero-order valence-electron chi connectivity index (χ0n) is 13.5. The van der Waals surface area contributed by atoms with E-state index in [0.717, 1.165) is 12.1 Å². The van der Waals surface area contributed by atoms with Crippen LogP contribution in [0.15, 0.2) is 12.1 Å². The molecule has 0 saturated heterocycles. The molecule has 5 heteroatoms. The van der Waals surface area contributed by atoms with Crippen molar-refractivity contribution < 1.29 is 21.9 Å². The third kappa shape index (κ3) is 5.53. The molecule has 22 heavy (non-hydrogen) atoms. The van der Waals surface area contributed by atoms with Gasteiger partial charge in [0.1, 0.15) is 0 Å². The van der Waals surface area contributed by atoms with E-state index >= 15 is 0 Å². The van der Waals surface area contributed by atoms with Crippen molar-refractivity contribution in [2.75, 3.05) is 14.2 Å². The highest BCUT2D eigenvalue weighted by molar-refractivity contribution is 6.32. The average Bonchev–Trinajstić information content (AvgIpc) is 2.45. The lowest BCUT2D eigenvalue weighted by Crippen LogP contribution is -3.00. The van der Waals surface area contributed by atoms with E-state index in [4.69, 9.17) is 21.1 Å². The minimum Gasteiger partial charge on any atom is -1.00 e. The standard InChI is InChI=1S/C17H26ClNO2.ClH/c1-20-16-11-13(10-15(18)17(16)21-2)12-19-14-8-6-4-3-5-7-9-14;/h10-11,14,19H,3-9,12H2,1-2H3;1H/p-1. The summed E-state index contributed by atoms with van der Waals surface area (Å²) in [7, 11) is 3.25. The molecule has 1 N–H and O–H groups in total. The van der Waals surface area contributed by atoms with Crippen molar-refractivity contribution in [3.63, 3.8) is 0 Å². The molecular weight excluding hydrogens is 321 g/mol. The summed E-state index contributed by atoms with van der Waals surface area (Å²) in [5.74, 6) is 1.30. The van der Waals surface area contributed by atoms with E-state index in [1.165, 1.54) is 44.9 Å². The Hall–Kier alpha value is -0.640. The van der Waals surface area contributed by atoms with Crippen LogP contribution >= 0.6 is 11.6 Å². The lowest BCUT2D eigenvalue weighted by atomic mass is 9.96. The van der Waals surface area contributed by atoms with Gasteiger partial charge in [-0.1, -0.05) is 43.7 Å². The van der Waals surface area contributed by atoms with Gasteiger partial charge in [0, 0.05) is 12.6 Å². The molecule has 0 heterocycles. The number of ether oxygens (including phenoxy) is 2. The molecule has 3 nitrogen and oxygen atoms in total. The van der Waals surface area contributed by atoms with Crippen molar-refractivity contribution in [1.82, 2.24) is 5.32 Å². The normalized spacial score (nSPS) is 16.3. The van der Waals surface area contributed by atoms with E-state index in [-0.39, 0.29) is 12.4 Å². The minimum absolute atomic E-state index is 0. The maximum atomic E-state index is 6.25. The lowest BCUT2D eigenvalue weighted by molar-refractivity contribution is -0.00000491. The van der Waals surface area contributed by atoms with Gasteiger partial charge in [-0.15, -0.1) is 0 Å². The van der Waals surface area contributed by atoms with Crippen molar-refractivity contribution in [2.24, 2.45) is 0 Å². The number of nitrogens with one attached hydrogen (secondary N) is 1. The molecule has 0 bridgehead atoms. The van der Waals surface area contributed by atoms with Gasteiger partial charge in [0.15, 0.2) is 11.5 Å². The second-order valence-electron chi connectivity index (χ2n) is 5.74. The van der Waals surface area contributed by atoms with E-state index in [9.17, 15) is 0 Å². The molecule has 0 spiro atoms. The number of methoxy groups -OCH3 is 2. The summed E-state index contributed by atoms with van der Waals surface area (Å²) < 4.78 is 10.6. The van der Waals surface area contributed by atoms with Crippen LogP contribution in [0, 0.1) is 0 Å². The van der Waals surface area contributed by atoms with Crippen LogP contribution in [0.3, 0.4) is 0 Å². The first-order chi connectivity index (χ1) is 10.2. The molecule has 1 aromatic rings. The molecule has 1 fully saturated rings. The molecule has 0 aromatic heterocycles. The monoisotopic (exact) mass is 346 g/mol. The van der Waals surface area contributed by atoms with Gasteiger partial charge in [0.25, 0.3) is 0 Å². The fraction of sp³-hybridized carbons (Fsp3) is 0.647. The molecule has 0 atom stereocenters. The van der Waals surface area contributed by atoms with Gasteiger partial charge >= 0.3 is 0 Å². The number of hydrogen-bond acceptors (Lipinski definition) is 3. The third-order valence-corrected chi connectivity index (χ3v) is 4.47. The maximum Gasteiger partial charge on any atom is 0.179 e. The van der Waals surface area contributed by atoms with E-state index < -0.39 is 0 Å². The average molecular weight is 347 g/mol. The Morgan fingerprint density at radius 3 is 2.27 bits per heavy atom. The first-order valence-electron chi connectivity index (χ1n) is 7.88. The lowest BCUT2D eigenvalue weighted by Gasteiger charge is -2.21. The Balaban J connectivity index is 0.00000242. The molecular formula is C17H26Cl2NO2-. The molecule has 1 aromatic carbocycles. The van der Waals surface area contributed by atoms with Crippen molar-refractivity contribution in [3.8, 4) is 11.5 Å². The molecule has 1 aliphatic carbocycles. The Bertz CT molecular complexity index is 447. The van der Waals surface area contributed by atoms with Gasteiger partial charge in [-0.25, -0.2) is 0 Å². The molecule has 1 aliphatic rings. The topological polar surface area (TPSA) is 30.5 Å². The highest BCUT2D eigenvalue weighted by Crippen LogP contribution is 2.36. The summed E-state index contributed by atoms with van der Waals surface area (Å²) in [4.78, 5) is 0. The van der Waals surface area contributed by atoms with Crippen LogP contribution < -0.4 is 27.2 Å². The second-order valence-corrected chi connectivity index (χ2v) is 6.14. The van der Waals surface area contributed by atoms with Crippen molar-refractivity contribution in [3.05, 3.63) is 22.7 Å². The smallest absolute Gasteiger partial charge is 0.179 e.